The lowest BCUT2D eigenvalue weighted by Crippen LogP contribution is -2.25. The van der Waals surface area contributed by atoms with Crippen LogP contribution in [0, 0.1) is 10.1 Å². The quantitative estimate of drug-likeness (QED) is 0.655. The first kappa shape index (κ1) is 14.1. The van der Waals surface area contributed by atoms with Gasteiger partial charge in [-0.05, 0) is 28.1 Å². The highest BCUT2D eigenvalue weighted by Gasteiger charge is 2.15. The second kappa shape index (κ2) is 6.24. The number of nitro benzene ring substituents is 1. The number of benzene rings is 1. The maximum atomic E-state index is 11.8. The Balaban J connectivity index is 1.98. The molecular formula is C11H9BrN4O4. The van der Waals surface area contributed by atoms with Crippen LogP contribution in [0.1, 0.15) is 16.2 Å². The second-order valence-corrected chi connectivity index (χ2v) is 4.62. The normalized spacial score (nSPS) is 10.2. The van der Waals surface area contributed by atoms with Crippen LogP contribution in [0.3, 0.4) is 0 Å². The van der Waals surface area contributed by atoms with E-state index >= 15 is 0 Å². The number of rotatable bonds is 5. The summed E-state index contributed by atoms with van der Waals surface area (Å²) in [5.74, 6) is 0.00667. The fourth-order valence-corrected chi connectivity index (χ4v) is 1.88. The van der Waals surface area contributed by atoms with Gasteiger partial charge in [-0.2, -0.15) is 4.98 Å². The molecule has 1 aromatic carbocycles. The molecule has 1 amide bonds. The molecule has 0 saturated carbocycles. The van der Waals surface area contributed by atoms with Gasteiger partial charge in [0, 0.05) is 24.6 Å². The van der Waals surface area contributed by atoms with Crippen LogP contribution in [0.4, 0.5) is 5.69 Å². The zero-order valence-corrected chi connectivity index (χ0v) is 11.7. The van der Waals surface area contributed by atoms with E-state index in [1.807, 2.05) is 0 Å². The van der Waals surface area contributed by atoms with Crippen LogP contribution in [-0.4, -0.2) is 27.5 Å². The molecular weight excluding hydrogens is 332 g/mol. The zero-order valence-electron chi connectivity index (χ0n) is 10.1. The van der Waals surface area contributed by atoms with Gasteiger partial charge in [-0.15, -0.1) is 0 Å². The summed E-state index contributed by atoms with van der Waals surface area (Å²) in [5.41, 5.74) is 0.0555. The lowest BCUT2D eigenvalue weighted by atomic mass is 10.2. The molecule has 2 aromatic rings. The van der Waals surface area contributed by atoms with Crippen molar-refractivity contribution in [1.82, 2.24) is 15.5 Å². The predicted molar refractivity (Wildman–Crippen MR) is 71.1 cm³/mol. The van der Waals surface area contributed by atoms with Crippen LogP contribution in [-0.2, 0) is 6.42 Å². The van der Waals surface area contributed by atoms with E-state index in [1.165, 1.54) is 24.5 Å². The average Bonchev–Trinajstić information content (AvgIpc) is 2.92. The summed E-state index contributed by atoms with van der Waals surface area (Å²) >= 11 is 3.06. The number of halogens is 1. The van der Waals surface area contributed by atoms with E-state index in [1.54, 1.807) is 0 Å². The predicted octanol–water partition coefficient (Wildman–Crippen LogP) is 1.71. The highest BCUT2D eigenvalue weighted by molar-refractivity contribution is 9.10. The summed E-state index contributed by atoms with van der Waals surface area (Å²) in [6, 6.07) is 4.18. The molecule has 104 valence electrons. The molecule has 0 fully saturated rings. The molecule has 1 heterocycles. The van der Waals surface area contributed by atoms with Crippen molar-refractivity contribution < 1.29 is 14.2 Å². The van der Waals surface area contributed by atoms with Crippen LogP contribution in [0.5, 0.6) is 0 Å². The molecule has 1 aromatic heterocycles. The molecule has 20 heavy (non-hydrogen) atoms. The van der Waals surface area contributed by atoms with Crippen molar-refractivity contribution >= 4 is 27.5 Å². The molecule has 0 saturated heterocycles. The van der Waals surface area contributed by atoms with Gasteiger partial charge < -0.3 is 9.84 Å². The summed E-state index contributed by atoms with van der Waals surface area (Å²) in [6.45, 7) is 0.297. The van der Waals surface area contributed by atoms with E-state index in [0.717, 1.165) is 0 Å². The van der Waals surface area contributed by atoms with Crippen LogP contribution >= 0.6 is 15.9 Å². The molecule has 0 aliphatic carbocycles. The fourth-order valence-electron chi connectivity index (χ4n) is 1.48. The van der Waals surface area contributed by atoms with Crippen molar-refractivity contribution in [3.05, 3.63) is 50.6 Å². The van der Waals surface area contributed by atoms with Crippen molar-refractivity contribution in [2.24, 2.45) is 0 Å². The Hall–Kier alpha value is -2.29. The smallest absolute Gasteiger partial charge is 0.284 e. The van der Waals surface area contributed by atoms with E-state index in [2.05, 4.69) is 31.4 Å². The standard InChI is InChI=1S/C11H9BrN4O4/c12-8-2-1-7(5-9(8)16(18)19)11(17)13-4-3-10-14-6-15-20-10/h1-2,5-6H,3-4H2,(H,13,17). The zero-order chi connectivity index (χ0) is 14.5. The molecule has 0 spiro atoms. The van der Waals surface area contributed by atoms with Crippen molar-refractivity contribution in [3.63, 3.8) is 0 Å². The van der Waals surface area contributed by atoms with Gasteiger partial charge in [0.1, 0.15) is 0 Å². The first-order valence-corrected chi connectivity index (χ1v) is 6.35. The lowest BCUT2D eigenvalue weighted by Gasteiger charge is -2.04. The maximum Gasteiger partial charge on any atom is 0.284 e. The topological polar surface area (TPSA) is 111 Å². The Kier molecular flexibility index (Phi) is 4.41. The highest BCUT2D eigenvalue weighted by Crippen LogP contribution is 2.25. The third-order valence-electron chi connectivity index (χ3n) is 2.44. The van der Waals surface area contributed by atoms with Crippen LogP contribution in [0.25, 0.3) is 0 Å². The molecule has 2 rings (SSSR count). The Labute approximate surface area is 121 Å². The number of aromatic nitrogens is 2. The van der Waals surface area contributed by atoms with Gasteiger partial charge in [-0.3, -0.25) is 14.9 Å². The van der Waals surface area contributed by atoms with Gasteiger partial charge in [-0.1, -0.05) is 5.16 Å². The molecule has 9 heteroatoms. The molecule has 0 aliphatic rings. The van der Waals surface area contributed by atoms with Crippen molar-refractivity contribution in [2.75, 3.05) is 6.54 Å². The molecule has 0 aliphatic heterocycles. The van der Waals surface area contributed by atoms with Crippen LogP contribution in [0.2, 0.25) is 0 Å². The number of nitro groups is 1. The SMILES string of the molecule is O=C(NCCc1ncno1)c1ccc(Br)c([N+](=O)[O-])c1. The summed E-state index contributed by atoms with van der Waals surface area (Å²) < 4.78 is 5.10. The minimum Gasteiger partial charge on any atom is -0.352 e. The summed E-state index contributed by atoms with van der Waals surface area (Å²) in [5, 5.41) is 16.8. The molecule has 0 bridgehead atoms. The molecule has 0 unspecified atom stereocenters. The Morgan fingerprint density at radius 3 is 2.95 bits per heavy atom. The van der Waals surface area contributed by atoms with Crippen molar-refractivity contribution in [2.45, 2.75) is 6.42 Å². The summed E-state index contributed by atoms with van der Waals surface area (Å²) in [7, 11) is 0. The largest absolute Gasteiger partial charge is 0.352 e. The fraction of sp³-hybridized carbons (Fsp3) is 0.182. The van der Waals surface area contributed by atoms with Gasteiger partial charge in [0.15, 0.2) is 6.33 Å². The van der Waals surface area contributed by atoms with E-state index in [0.29, 0.717) is 23.3 Å². The van der Waals surface area contributed by atoms with Crippen LogP contribution < -0.4 is 5.32 Å². The summed E-state index contributed by atoms with van der Waals surface area (Å²) in [6.07, 6.45) is 1.67. The molecule has 8 nitrogen and oxygen atoms in total. The van der Waals surface area contributed by atoms with Gasteiger partial charge in [0.2, 0.25) is 5.89 Å². The number of amides is 1. The van der Waals surface area contributed by atoms with Crippen molar-refractivity contribution in [1.29, 1.82) is 0 Å². The van der Waals surface area contributed by atoms with Crippen molar-refractivity contribution in [3.8, 4) is 0 Å². The number of carbonyl (C=O) groups excluding carboxylic acids is 1. The van der Waals surface area contributed by atoms with E-state index in [4.69, 9.17) is 4.52 Å². The van der Waals surface area contributed by atoms with Gasteiger partial charge in [0.25, 0.3) is 11.6 Å². The Bertz CT molecular complexity index is 629. The number of nitrogens with one attached hydrogen (secondary N) is 1. The van der Waals surface area contributed by atoms with Crippen LogP contribution in [0.15, 0.2) is 33.5 Å². The second-order valence-electron chi connectivity index (χ2n) is 3.76. The number of hydrogen-bond acceptors (Lipinski definition) is 6. The lowest BCUT2D eigenvalue weighted by molar-refractivity contribution is -0.385. The number of carbonyl (C=O) groups is 1. The monoisotopic (exact) mass is 340 g/mol. The maximum absolute atomic E-state index is 11.8. The van der Waals surface area contributed by atoms with Gasteiger partial charge >= 0.3 is 0 Å². The molecule has 0 atom stereocenters. The Morgan fingerprint density at radius 1 is 1.50 bits per heavy atom. The van der Waals surface area contributed by atoms with E-state index in [9.17, 15) is 14.9 Å². The molecule has 0 radical (unpaired) electrons. The minimum atomic E-state index is -0.556. The van der Waals surface area contributed by atoms with Gasteiger partial charge in [0.05, 0.1) is 9.40 Å². The first-order valence-electron chi connectivity index (χ1n) is 5.55. The number of hydrogen-bond donors (Lipinski definition) is 1. The van der Waals surface area contributed by atoms with Gasteiger partial charge in [-0.25, -0.2) is 0 Å². The first-order chi connectivity index (χ1) is 9.58. The third kappa shape index (κ3) is 3.38. The Morgan fingerprint density at radius 2 is 2.30 bits per heavy atom. The number of nitrogens with zero attached hydrogens (tertiary/aromatic N) is 3. The molecule has 1 N–H and O–H groups in total. The third-order valence-corrected chi connectivity index (χ3v) is 3.11. The van der Waals surface area contributed by atoms with E-state index in [-0.39, 0.29) is 11.3 Å². The average molecular weight is 341 g/mol. The van der Waals surface area contributed by atoms with E-state index < -0.39 is 10.8 Å². The highest BCUT2D eigenvalue weighted by atomic mass is 79.9. The minimum absolute atomic E-state index is 0.158. The summed E-state index contributed by atoms with van der Waals surface area (Å²) in [4.78, 5) is 25.9.